The van der Waals surface area contributed by atoms with Crippen molar-refractivity contribution in [3.63, 3.8) is 0 Å². The number of aromatic nitrogens is 2. The van der Waals surface area contributed by atoms with Crippen LogP contribution in [-0.2, 0) is 4.74 Å². The van der Waals surface area contributed by atoms with E-state index in [4.69, 9.17) is 4.74 Å². The van der Waals surface area contributed by atoms with Gasteiger partial charge < -0.3 is 10.1 Å². The highest BCUT2D eigenvalue weighted by molar-refractivity contribution is 5.62. The number of methoxy groups -OCH3 is 1. The first kappa shape index (κ1) is 13.5. The van der Waals surface area contributed by atoms with E-state index in [1.165, 1.54) is 0 Å². The summed E-state index contributed by atoms with van der Waals surface area (Å²) in [4.78, 5) is 9.13. The predicted octanol–water partition coefficient (Wildman–Crippen LogP) is 2.94. The Morgan fingerprint density at radius 1 is 1.21 bits per heavy atom. The summed E-state index contributed by atoms with van der Waals surface area (Å²) in [6.07, 6.45) is 0. The Kier molecular flexibility index (Phi) is 4.47. The minimum absolute atomic E-state index is 0.167. The van der Waals surface area contributed by atoms with E-state index in [2.05, 4.69) is 22.2 Å². The highest BCUT2D eigenvalue weighted by atomic mass is 16.5. The Bertz CT molecular complexity index is 528. The largest absolute Gasteiger partial charge is 0.384 e. The molecule has 2 rings (SSSR count). The molecule has 0 bridgehead atoms. The number of benzene rings is 1. The molecular formula is C15H19N3O. The first-order valence-electron chi connectivity index (χ1n) is 6.35. The van der Waals surface area contributed by atoms with E-state index in [1.54, 1.807) is 7.11 Å². The zero-order valence-electron chi connectivity index (χ0n) is 11.6. The molecule has 1 atom stereocenters. The second-order valence-corrected chi connectivity index (χ2v) is 4.47. The average Bonchev–Trinajstić information content (AvgIpc) is 2.48. The minimum Gasteiger partial charge on any atom is -0.384 e. The highest BCUT2D eigenvalue weighted by Gasteiger charge is 2.12. The molecule has 0 radical (unpaired) electrons. The lowest BCUT2D eigenvalue weighted by atomic mass is 10.1. The van der Waals surface area contributed by atoms with Crippen LogP contribution in [0.25, 0.3) is 11.3 Å². The van der Waals surface area contributed by atoms with Crippen molar-refractivity contribution < 1.29 is 4.74 Å². The molecule has 0 aliphatic heterocycles. The summed E-state index contributed by atoms with van der Waals surface area (Å²) in [6, 6.07) is 12.1. The van der Waals surface area contributed by atoms with Gasteiger partial charge in [-0.05, 0) is 0 Å². The molecule has 1 N–H and O–H groups in total. The highest BCUT2D eigenvalue weighted by Crippen LogP contribution is 2.22. The molecule has 0 aliphatic rings. The fraction of sp³-hybridized carbons (Fsp3) is 0.333. The van der Waals surface area contributed by atoms with E-state index < -0.39 is 0 Å². The Labute approximate surface area is 113 Å². The molecule has 100 valence electrons. The fourth-order valence-electron chi connectivity index (χ4n) is 1.90. The quantitative estimate of drug-likeness (QED) is 0.894. The van der Waals surface area contributed by atoms with E-state index in [1.807, 2.05) is 43.4 Å². The van der Waals surface area contributed by atoms with E-state index in [9.17, 15) is 0 Å². The number of hydrogen-bond acceptors (Lipinski definition) is 4. The molecule has 19 heavy (non-hydrogen) atoms. The summed E-state index contributed by atoms with van der Waals surface area (Å²) in [7, 11) is 3.55. The maximum atomic E-state index is 5.18. The van der Waals surface area contributed by atoms with Gasteiger partial charge in [-0.15, -0.1) is 0 Å². The van der Waals surface area contributed by atoms with E-state index in [0.717, 1.165) is 22.9 Å². The third-order valence-electron chi connectivity index (χ3n) is 2.93. The van der Waals surface area contributed by atoms with Crippen LogP contribution in [-0.4, -0.2) is 30.7 Å². The zero-order valence-corrected chi connectivity index (χ0v) is 11.6. The molecule has 2 aromatic rings. The summed E-state index contributed by atoms with van der Waals surface area (Å²) in [5.74, 6) is 1.79. The summed E-state index contributed by atoms with van der Waals surface area (Å²) in [5.41, 5.74) is 2.02. The number of nitrogens with one attached hydrogen (secondary N) is 1. The van der Waals surface area contributed by atoms with Gasteiger partial charge in [0.2, 0.25) is 0 Å². The number of rotatable bonds is 5. The summed E-state index contributed by atoms with van der Waals surface area (Å²) < 4.78 is 5.18. The van der Waals surface area contributed by atoms with Gasteiger partial charge in [-0.1, -0.05) is 37.3 Å². The van der Waals surface area contributed by atoms with Crippen LogP contribution in [0.4, 0.5) is 5.82 Å². The molecule has 0 aliphatic carbocycles. The maximum Gasteiger partial charge on any atom is 0.136 e. The summed E-state index contributed by atoms with van der Waals surface area (Å²) >= 11 is 0. The van der Waals surface area contributed by atoms with Gasteiger partial charge in [0.1, 0.15) is 11.6 Å². The normalized spacial score (nSPS) is 12.2. The van der Waals surface area contributed by atoms with Gasteiger partial charge in [0.15, 0.2) is 0 Å². The smallest absolute Gasteiger partial charge is 0.136 e. The van der Waals surface area contributed by atoms with Crippen molar-refractivity contribution in [1.82, 2.24) is 9.97 Å². The van der Waals surface area contributed by atoms with Gasteiger partial charge >= 0.3 is 0 Å². The summed E-state index contributed by atoms with van der Waals surface area (Å²) in [5, 5.41) is 3.08. The van der Waals surface area contributed by atoms with Crippen LogP contribution in [0.3, 0.4) is 0 Å². The lowest BCUT2D eigenvalue weighted by molar-refractivity contribution is 0.181. The first-order valence-corrected chi connectivity index (χ1v) is 6.35. The van der Waals surface area contributed by atoms with E-state index in [0.29, 0.717) is 6.61 Å². The van der Waals surface area contributed by atoms with Gasteiger partial charge in [-0.25, -0.2) is 9.97 Å². The monoisotopic (exact) mass is 257 g/mol. The molecule has 0 saturated heterocycles. The van der Waals surface area contributed by atoms with Crippen LogP contribution in [0, 0.1) is 0 Å². The van der Waals surface area contributed by atoms with Gasteiger partial charge in [0.05, 0.1) is 12.3 Å². The fourth-order valence-corrected chi connectivity index (χ4v) is 1.90. The van der Waals surface area contributed by atoms with Crippen molar-refractivity contribution in [2.45, 2.75) is 12.8 Å². The van der Waals surface area contributed by atoms with Crippen molar-refractivity contribution in [1.29, 1.82) is 0 Å². The van der Waals surface area contributed by atoms with Crippen LogP contribution in [0.5, 0.6) is 0 Å². The number of anilines is 1. The van der Waals surface area contributed by atoms with Gasteiger partial charge in [0, 0.05) is 31.7 Å². The number of ether oxygens (including phenoxy) is 1. The van der Waals surface area contributed by atoms with E-state index in [-0.39, 0.29) is 5.92 Å². The van der Waals surface area contributed by atoms with Gasteiger partial charge in [-0.3, -0.25) is 0 Å². The van der Waals surface area contributed by atoms with Crippen molar-refractivity contribution in [2.24, 2.45) is 0 Å². The molecule has 1 heterocycles. The van der Waals surface area contributed by atoms with Gasteiger partial charge in [-0.2, -0.15) is 0 Å². The molecule has 1 unspecified atom stereocenters. The van der Waals surface area contributed by atoms with Crippen molar-refractivity contribution >= 4 is 5.82 Å². The average molecular weight is 257 g/mol. The van der Waals surface area contributed by atoms with Crippen LogP contribution in [0.2, 0.25) is 0 Å². The standard InChI is InChI=1S/C15H19N3O/c1-11(10-19-3)15-17-13(9-14(16-2)18-15)12-7-5-4-6-8-12/h4-9,11H,10H2,1-3H3,(H,16,17,18). The van der Waals surface area contributed by atoms with Crippen LogP contribution in [0.15, 0.2) is 36.4 Å². The number of nitrogens with zero attached hydrogens (tertiary/aromatic N) is 2. The van der Waals surface area contributed by atoms with Crippen LogP contribution >= 0.6 is 0 Å². The second kappa shape index (κ2) is 6.29. The first-order chi connectivity index (χ1) is 9.24. The Morgan fingerprint density at radius 3 is 2.58 bits per heavy atom. The summed E-state index contributed by atoms with van der Waals surface area (Å²) in [6.45, 7) is 2.68. The molecule has 4 nitrogen and oxygen atoms in total. The molecule has 0 saturated carbocycles. The molecule has 0 amide bonds. The van der Waals surface area contributed by atoms with Crippen molar-refractivity contribution in [2.75, 3.05) is 26.1 Å². The zero-order chi connectivity index (χ0) is 13.7. The SMILES string of the molecule is CNc1cc(-c2ccccc2)nc(C(C)COC)n1. The molecule has 0 spiro atoms. The maximum absolute atomic E-state index is 5.18. The van der Waals surface area contributed by atoms with E-state index >= 15 is 0 Å². The lowest BCUT2D eigenvalue weighted by Crippen LogP contribution is -2.09. The third kappa shape index (κ3) is 3.29. The Morgan fingerprint density at radius 2 is 1.95 bits per heavy atom. The molecule has 1 aromatic carbocycles. The number of hydrogen-bond donors (Lipinski definition) is 1. The molecular weight excluding hydrogens is 238 g/mol. The van der Waals surface area contributed by atoms with Crippen molar-refractivity contribution in [3.05, 3.63) is 42.2 Å². The molecule has 0 fully saturated rings. The molecule has 1 aromatic heterocycles. The van der Waals surface area contributed by atoms with Gasteiger partial charge in [0.25, 0.3) is 0 Å². The second-order valence-electron chi connectivity index (χ2n) is 4.47. The topological polar surface area (TPSA) is 47.0 Å². The lowest BCUT2D eigenvalue weighted by Gasteiger charge is -2.12. The Balaban J connectivity index is 2.42. The molecule has 4 heteroatoms. The predicted molar refractivity (Wildman–Crippen MR) is 77.3 cm³/mol. The third-order valence-corrected chi connectivity index (χ3v) is 2.93. The Hall–Kier alpha value is -1.94. The van der Waals surface area contributed by atoms with Crippen LogP contribution < -0.4 is 5.32 Å². The van der Waals surface area contributed by atoms with Crippen molar-refractivity contribution in [3.8, 4) is 11.3 Å². The minimum atomic E-state index is 0.167. The van der Waals surface area contributed by atoms with Crippen LogP contribution in [0.1, 0.15) is 18.7 Å².